The van der Waals surface area contributed by atoms with E-state index in [0.717, 1.165) is 0 Å². The van der Waals surface area contributed by atoms with E-state index in [1.807, 2.05) is 26.4 Å². The first-order valence-corrected chi connectivity index (χ1v) is 3.40. The zero-order valence-electron chi connectivity index (χ0n) is 9.04. The van der Waals surface area contributed by atoms with Gasteiger partial charge in [-0.2, -0.15) is 0 Å². The van der Waals surface area contributed by atoms with Crippen LogP contribution in [0.3, 0.4) is 0 Å². The zero-order chi connectivity index (χ0) is 11.9. The predicted octanol–water partition coefficient (Wildman–Crippen LogP) is 1.87. The number of allylic oxidation sites excluding steroid dienone is 1. The summed E-state index contributed by atoms with van der Waals surface area (Å²) in [5, 5.41) is 0. The molecular weight excluding hydrogens is 227 g/mol. The first-order chi connectivity index (χ1) is 6.06. The Bertz CT molecular complexity index is 95.3. The fraction of sp³-hybridized carbons (Fsp3) is 0.400. The Labute approximate surface area is 97.2 Å². The molecule has 0 aliphatic rings. The maximum absolute atomic E-state index is 8.00. The van der Waals surface area contributed by atoms with Crippen LogP contribution < -0.4 is 0 Å². The Balaban J connectivity index is -0.0000000332. The Morgan fingerprint density at radius 2 is 1.14 bits per heavy atom. The molecule has 0 fully saturated rings. The van der Waals surface area contributed by atoms with Gasteiger partial charge in [0.25, 0.3) is 0 Å². The van der Waals surface area contributed by atoms with E-state index < -0.39 is 0 Å². The monoisotopic (exact) mass is 246 g/mol. The molecule has 0 saturated heterocycles. The van der Waals surface area contributed by atoms with Crippen molar-refractivity contribution in [1.82, 2.24) is 0 Å². The van der Waals surface area contributed by atoms with Crippen LogP contribution in [0, 0.1) is 11.8 Å². The summed E-state index contributed by atoms with van der Waals surface area (Å²) in [6.45, 7) is 16.0. The van der Waals surface area contributed by atoms with Crippen molar-refractivity contribution in [3.05, 3.63) is 19.1 Å². The molecule has 1 radical (unpaired) electrons. The number of rotatable bonds is 1. The van der Waals surface area contributed by atoms with E-state index in [0.29, 0.717) is 5.41 Å². The zero-order valence-corrected chi connectivity index (χ0v) is 10.1. The minimum atomic E-state index is 0. The average Bonchev–Trinajstić information content (AvgIpc) is 2.13. The van der Waals surface area contributed by atoms with Crippen LogP contribution in [0.4, 0.5) is 0 Å². The van der Waals surface area contributed by atoms with Gasteiger partial charge in [-0.05, 0) is 0 Å². The number of carbonyl (C=O) groups excluding carboxylic acids is 3. The smallest absolute Gasteiger partial charge is 0.106 e. The molecule has 0 aliphatic heterocycles. The van der Waals surface area contributed by atoms with Crippen LogP contribution in [0.2, 0.25) is 0 Å². The van der Waals surface area contributed by atoms with Crippen molar-refractivity contribution in [1.29, 1.82) is 0 Å². The molecule has 0 aromatic rings. The third-order valence-electron chi connectivity index (χ3n) is 0.618. The molecule has 0 N–H and O–H groups in total. The van der Waals surface area contributed by atoms with Crippen molar-refractivity contribution in [3.8, 4) is 0 Å². The summed E-state index contributed by atoms with van der Waals surface area (Å²) < 4.78 is 0. The van der Waals surface area contributed by atoms with Crippen LogP contribution in [0.15, 0.2) is 12.7 Å². The van der Waals surface area contributed by atoms with Gasteiger partial charge in [-0.1, -0.05) is 26.2 Å². The molecule has 4 heteroatoms. The standard InChI is InChI=1S/C7H13.3CH2O.Co/c1-5-6-7(2,3)4;3*1-2;/h5-6H,1H2,2-4H3;3*1H2;/q-1;;;;. The van der Waals surface area contributed by atoms with E-state index in [1.165, 1.54) is 0 Å². The maximum Gasteiger partial charge on any atom is 0.106 e. The SMILES string of the molecule is C=C[CH-]C(C)(C)C.C=O.C=O.C=O.[Co]. The van der Waals surface area contributed by atoms with Gasteiger partial charge in [0.05, 0.1) is 0 Å². The summed E-state index contributed by atoms with van der Waals surface area (Å²) >= 11 is 0. The second kappa shape index (κ2) is 29.6. The van der Waals surface area contributed by atoms with Crippen molar-refractivity contribution >= 4 is 20.4 Å². The summed E-state index contributed by atoms with van der Waals surface area (Å²) in [5.41, 5.74) is 0.307. The van der Waals surface area contributed by atoms with E-state index in [9.17, 15) is 0 Å². The first kappa shape index (κ1) is 29.2. The van der Waals surface area contributed by atoms with Crippen LogP contribution in [-0.2, 0) is 31.2 Å². The molecule has 0 unspecified atom stereocenters. The molecule has 0 aromatic heterocycles. The minimum absolute atomic E-state index is 0. The molecule has 87 valence electrons. The molecule has 0 spiro atoms. The summed E-state index contributed by atoms with van der Waals surface area (Å²) in [5.74, 6) is 0. The van der Waals surface area contributed by atoms with Gasteiger partial charge in [0.15, 0.2) is 0 Å². The van der Waals surface area contributed by atoms with Crippen LogP contribution in [0.25, 0.3) is 0 Å². The van der Waals surface area contributed by atoms with Crippen molar-refractivity contribution in [2.24, 2.45) is 5.41 Å². The largest absolute Gasteiger partial charge is 0.307 e. The fourth-order valence-corrected chi connectivity index (χ4v) is 0.354. The van der Waals surface area contributed by atoms with Gasteiger partial charge in [0.1, 0.15) is 20.4 Å². The number of carbonyl (C=O) groups is 3. The van der Waals surface area contributed by atoms with Gasteiger partial charge >= 0.3 is 0 Å². The van der Waals surface area contributed by atoms with Crippen LogP contribution in [0.1, 0.15) is 20.8 Å². The molecule has 14 heavy (non-hydrogen) atoms. The van der Waals surface area contributed by atoms with E-state index in [2.05, 4.69) is 33.8 Å². The van der Waals surface area contributed by atoms with Gasteiger partial charge in [-0.15, -0.1) is 0 Å². The Morgan fingerprint density at radius 3 is 1.14 bits per heavy atom. The molecule has 0 amide bonds. The normalized spacial score (nSPS) is 6.21. The molecule has 0 saturated carbocycles. The van der Waals surface area contributed by atoms with E-state index in [1.54, 1.807) is 0 Å². The van der Waals surface area contributed by atoms with Crippen molar-refractivity contribution in [2.75, 3.05) is 0 Å². The van der Waals surface area contributed by atoms with Crippen LogP contribution in [-0.4, -0.2) is 20.4 Å². The summed E-state index contributed by atoms with van der Waals surface area (Å²) in [7, 11) is 0. The summed E-state index contributed by atoms with van der Waals surface area (Å²) in [6, 6.07) is 0. The van der Waals surface area contributed by atoms with Gasteiger partial charge in [0.2, 0.25) is 0 Å². The van der Waals surface area contributed by atoms with E-state index >= 15 is 0 Å². The summed E-state index contributed by atoms with van der Waals surface area (Å²) in [4.78, 5) is 24.0. The van der Waals surface area contributed by atoms with Gasteiger partial charge in [-0.3, -0.25) is 0 Å². The third kappa shape index (κ3) is 117. The molecule has 0 aliphatic carbocycles. The molecule has 0 aromatic carbocycles. The first-order valence-electron chi connectivity index (χ1n) is 3.40. The molecule has 0 heterocycles. The van der Waals surface area contributed by atoms with Crippen molar-refractivity contribution < 1.29 is 31.2 Å². The molecule has 0 bridgehead atoms. The second-order valence-electron chi connectivity index (χ2n) is 2.77. The van der Waals surface area contributed by atoms with Crippen LogP contribution in [0.5, 0.6) is 0 Å². The average molecular weight is 246 g/mol. The van der Waals surface area contributed by atoms with Gasteiger partial charge < -0.3 is 14.4 Å². The number of hydrogen-bond donors (Lipinski definition) is 0. The quantitative estimate of drug-likeness (QED) is 0.663. The van der Waals surface area contributed by atoms with Crippen molar-refractivity contribution in [3.63, 3.8) is 0 Å². The Morgan fingerprint density at radius 1 is 0.929 bits per heavy atom. The Hall–Kier alpha value is -0.874. The summed E-state index contributed by atoms with van der Waals surface area (Å²) in [6.07, 6.45) is 3.91. The molecular formula is C10H19CoO3-. The minimum Gasteiger partial charge on any atom is -0.307 e. The molecule has 0 rings (SSSR count). The van der Waals surface area contributed by atoms with Gasteiger partial charge in [-0.25, -0.2) is 19.1 Å². The third-order valence-corrected chi connectivity index (χ3v) is 0.618. The Kier molecular flexibility index (Phi) is 61.7. The van der Waals surface area contributed by atoms with Gasteiger partial charge in [0, 0.05) is 16.8 Å². The predicted molar refractivity (Wildman–Crippen MR) is 55.3 cm³/mol. The fourth-order valence-electron chi connectivity index (χ4n) is 0.354. The van der Waals surface area contributed by atoms with E-state index in [-0.39, 0.29) is 16.8 Å². The molecule has 3 nitrogen and oxygen atoms in total. The maximum atomic E-state index is 8.00. The van der Waals surface area contributed by atoms with Crippen molar-refractivity contribution in [2.45, 2.75) is 20.8 Å². The second-order valence-corrected chi connectivity index (χ2v) is 2.77. The van der Waals surface area contributed by atoms with E-state index in [4.69, 9.17) is 14.4 Å². The molecule has 0 atom stereocenters. The topological polar surface area (TPSA) is 51.2 Å². The van der Waals surface area contributed by atoms with Crippen LogP contribution >= 0.6 is 0 Å². The number of hydrogen-bond acceptors (Lipinski definition) is 3.